The van der Waals surface area contributed by atoms with Gasteiger partial charge >= 0.3 is 5.97 Å². The van der Waals surface area contributed by atoms with Gasteiger partial charge in [-0.1, -0.05) is 37.8 Å². The minimum Gasteiger partial charge on any atom is -0.467 e. The zero-order valence-corrected chi connectivity index (χ0v) is 20.6. The molecule has 31 heavy (non-hydrogen) atoms. The quantitative estimate of drug-likeness (QED) is 0.177. The maximum atomic E-state index is 13.2. The molecule has 0 aliphatic rings. The lowest BCUT2D eigenvalue weighted by Crippen LogP contribution is -2.23. The van der Waals surface area contributed by atoms with Crippen LogP contribution in [0.1, 0.15) is 15.9 Å². The number of hydrogen-bond donors (Lipinski definition) is 0. The number of nitrogens with zero attached hydrogens (tertiary/aromatic N) is 2. The minimum absolute atomic E-state index is 0.0454. The fourth-order valence-corrected chi connectivity index (χ4v) is 4.76. The second kappa shape index (κ2) is 10.3. The smallest absolute Gasteiger partial charge is 0.342 e. The Morgan fingerprint density at radius 2 is 1.94 bits per heavy atom. The summed E-state index contributed by atoms with van der Waals surface area (Å²) in [6.45, 7) is 7.23. The Labute approximate surface area is 188 Å². The number of carbonyl (C=O) groups excluding carboxylic acids is 1. The lowest BCUT2D eigenvalue weighted by molar-refractivity contribution is 0.0437. The Morgan fingerprint density at radius 3 is 2.61 bits per heavy atom. The molecule has 6 nitrogen and oxygen atoms in total. The van der Waals surface area contributed by atoms with Crippen molar-refractivity contribution in [2.24, 2.45) is 7.05 Å². The number of esters is 1. The second-order valence-electron chi connectivity index (χ2n) is 8.55. The van der Waals surface area contributed by atoms with Crippen molar-refractivity contribution in [3.05, 3.63) is 53.9 Å². The van der Waals surface area contributed by atoms with Crippen molar-refractivity contribution in [2.75, 3.05) is 20.5 Å². The minimum atomic E-state index is -1.32. The van der Waals surface area contributed by atoms with Gasteiger partial charge in [-0.05, 0) is 18.2 Å². The van der Waals surface area contributed by atoms with Crippen LogP contribution in [0.3, 0.4) is 0 Å². The SMILES string of the molecule is COCOc1cc2c(ncn2C)c(CSc2ccccc2)c1C(=O)OCC[Si](C)(C)C. The van der Waals surface area contributed by atoms with Gasteiger partial charge in [0.15, 0.2) is 6.79 Å². The fourth-order valence-electron chi connectivity index (χ4n) is 3.10. The molecular weight excluding hydrogens is 428 g/mol. The third-order valence-corrected chi connectivity index (χ3v) is 7.58. The average molecular weight is 459 g/mol. The standard InChI is InChI=1S/C23H30N2O4SSi/c1-25-15-24-22-18(14-30-17-9-7-6-8-10-17)21(20(13-19(22)25)29-16-27-2)23(26)28-11-12-31(3,4)5/h6-10,13,15H,11-12,14,16H2,1-5H3. The molecule has 0 bridgehead atoms. The zero-order valence-electron chi connectivity index (χ0n) is 18.8. The van der Waals surface area contributed by atoms with Gasteiger partial charge in [0.1, 0.15) is 11.3 Å². The van der Waals surface area contributed by atoms with Crippen molar-refractivity contribution in [1.29, 1.82) is 0 Å². The lowest BCUT2D eigenvalue weighted by Gasteiger charge is -2.18. The topological polar surface area (TPSA) is 62.6 Å². The maximum absolute atomic E-state index is 13.2. The molecule has 0 aliphatic carbocycles. The number of hydrogen-bond acceptors (Lipinski definition) is 6. The summed E-state index contributed by atoms with van der Waals surface area (Å²) in [5.41, 5.74) is 2.93. The van der Waals surface area contributed by atoms with Crippen LogP contribution in [0.15, 0.2) is 47.6 Å². The molecule has 8 heteroatoms. The monoisotopic (exact) mass is 458 g/mol. The molecule has 0 unspecified atom stereocenters. The summed E-state index contributed by atoms with van der Waals surface area (Å²) in [5.74, 6) is 0.653. The van der Waals surface area contributed by atoms with E-state index in [1.165, 1.54) is 0 Å². The number of aromatic nitrogens is 2. The van der Waals surface area contributed by atoms with Crippen molar-refractivity contribution in [3.8, 4) is 5.75 Å². The van der Waals surface area contributed by atoms with Gasteiger partial charge in [-0.2, -0.15) is 0 Å². The van der Waals surface area contributed by atoms with Crippen LogP contribution in [0.25, 0.3) is 11.0 Å². The summed E-state index contributed by atoms with van der Waals surface area (Å²) in [5, 5.41) is 0. The molecule has 0 amide bonds. The van der Waals surface area contributed by atoms with Gasteiger partial charge in [0.25, 0.3) is 0 Å². The first-order valence-electron chi connectivity index (χ1n) is 10.2. The molecule has 0 fully saturated rings. The number of ether oxygens (including phenoxy) is 3. The van der Waals surface area contributed by atoms with Crippen LogP contribution in [-0.4, -0.2) is 44.1 Å². The molecule has 0 radical (unpaired) electrons. The Hall–Kier alpha value is -2.29. The van der Waals surface area contributed by atoms with Crippen molar-refractivity contribution < 1.29 is 19.0 Å². The van der Waals surface area contributed by atoms with Crippen LogP contribution < -0.4 is 4.74 Å². The van der Waals surface area contributed by atoms with E-state index in [1.54, 1.807) is 25.2 Å². The molecule has 0 spiro atoms. The van der Waals surface area contributed by atoms with Crippen LogP contribution in [0, 0.1) is 0 Å². The highest BCUT2D eigenvalue weighted by Crippen LogP contribution is 2.35. The van der Waals surface area contributed by atoms with Crippen molar-refractivity contribution in [1.82, 2.24) is 9.55 Å². The van der Waals surface area contributed by atoms with E-state index < -0.39 is 8.07 Å². The highest BCUT2D eigenvalue weighted by atomic mass is 32.2. The number of carbonyl (C=O) groups is 1. The number of imidazole rings is 1. The summed E-state index contributed by atoms with van der Waals surface area (Å²) in [6.07, 6.45) is 1.75. The van der Waals surface area contributed by atoms with Crippen LogP contribution in [-0.2, 0) is 22.3 Å². The van der Waals surface area contributed by atoms with E-state index in [-0.39, 0.29) is 12.8 Å². The number of fused-ring (bicyclic) bond motifs is 1. The highest BCUT2D eigenvalue weighted by molar-refractivity contribution is 7.98. The maximum Gasteiger partial charge on any atom is 0.342 e. The third kappa shape index (κ3) is 6.12. The first kappa shape index (κ1) is 23.4. The Bertz CT molecular complexity index is 1030. The van der Waals surface area contributed by atoms with Gasteiger partial charge in [0.05, 0.1) is 24.0 Å². The predicted octanol–water partition coefficient (Wildman–Crippen LogP) is 5.34. The van der Waals surface area contributed by atoms with Crippen LogP contribution >= 0.6 is 11.8 Å². The van der Waals surface area contributed by atoms with Crippen LogP contribution in [0.5, 0.6) is 5.75 Å². The molecule has 1 heterocycles. The molecular formula is C23H30N2O4SSi. The summed E-state index contributed by atoms with van der Waals surface area (Å²) >= 11 is 1.65. The first-order valence-corrected chi connectivity index (χ1v) is 14.9. The number of methoxy groups -OCH3 is 1. The number of aryl methyl sites for hydroxylation is 1. The number of benzene rings is 2. The van der Waals surface area contributed by atoms with E-state index in [9.17, 15) is 4.79 Å². The normalized spacial score (nSPS) is 11.6. The van der Waals surface area contributed by atoms with Gasteiger partial charge < -0.3 is 18.8 Å². The van der Waals surface area contributed by atoms with E-state index in [4.69, 9.17) is 14.2 Å². The fraction of sp³-hybridized carbons (Fsp3) is 0.391. The molecule has 0 aliphatic heterocycles. The van der Waals surface area contributed by atoms with Gasteiger partial charge in [-0.25, -0.2) is 9.78 Å². The van der Waals surface area contributed by atoms with Crippen molar-refractivity contribution >= 4 is 36.8 Å². The lowest BCUT2D eigenvalue weighted by atomic mass is 10.1. The van der Waals surface area contributed by atoms with Crippen LogP contribution in [0.2, 0.25) is 25.7 Å². The predicted molar refractivity (Wildman–Crippen MR) is 128 cm³/mol. The zero-order chi connectivity index (χ0) is 22.4. The molecule has 0 N–H and O–H groups in total. The van der Waals surface area contributed by atoms with E-state index in [1.807, 2.05) is 35.9 Å². The Kier molecular flexibility index (Phi) is 7.80. The molecule has 0 atom stereocenters. The van der Waals surface area contributed by atoms with Gasteiger partial charge in [0, 0.05) is 44.5 Å². The van der Waals surface area contributed by atoms with Crippen molar-refractivity contribution in [3.63, 3.8) is 0 Å². The van der Waals surface area contributed by atoms with E-state index in [2.05, 4.69) is 36.8 Å². The molecule has 3 rings (SSSR count). The molecule has 0 saturated carbocycles. The van der Waals surface area contributed by atoms with E-state index in [0.717, 1.165) is 27.5 Å². The van der Waals surface area contributed by atoms with Gasteiger partial charge in [-0.15, -0.1) is 11.8 Å². The number of thioether (sulfide) groups is 1. The van der Waals surface area contributed by atoms with Crippen LogP contribution in [0.4, 0.5) is 0 Å². The third-order valence-electron chi connectivity index (χ3n) is 4.83. The van der Waals surface area contributed by atoms with Crippen molar-refractivity contribution in [2.45, 2.75) is 36.3 Å². The average Bonchev–Trinajstić information content (AvgIpc) is 3.10. The summed E-state index contributed by atoms with van der Waals surface area (Å²) < 4.78 is 18.5. The molecule has 0 saturated heterocycles. The number of rotatable bonds is 10. The van der Waals surface area contributed by atoms with E-state index in [0.29, 0.717) is 23.7 Å². The summed E-state index contributed by atoms with van der Waals surface area (Å²) in [7, 11) is 2.16. The van der Waals surface area contributed by atoms with Gasteiger partial charge in [-0.3, -0.25) is 0 Å². The van der Waals surface area contributed by atoms with E-state index >= 15 is 0 Å². The molecule has 3 aromatic rings. The second-order valence-corrected chi connectivity index (χ2v) is 15.2. The Balaban J connectivity index is 2.01. The largest absolute Gasteiger partial charge is 0.467 e. The molecule has 2 aromatic carbocycles. The molecule has 1 aromatic heterocycles. The summed E-state index contributed by atoms with van der Waals surface area (Å²) in [4.78, 5) is 18.9. The first-order chi connectivity index (χ1) is 14.8. The van der Waals surface area contributed by atoms with Gasteiger partial charge in [0.2, 0.25) is 0 Å². The summed E-state index contributed by atoms with van der Waals surface area (Å²) in [6, 6.07) is 12.8. The highest BCUT2D eigenvalue weighted by Gasteiger charge is 2.25. The Morgan fingerprint density at radius 1 is 1.19 bits per heavy atom. The molecule has 166 valence electrons.